The molecule has 0 heterocycles. The van der Waals surface area contributed by atoms with Crippen molar-refractivity contribution >= 4 is 5.97 Å². The first-order valence-electron chi connectivity index (χ1n) is 10.4. The Labute approximate surface area is 158 Å². The molecular weight excluding hydrogens is 328 g/mol. The highest BCUT2D eigenvalue weighted by molar-refractivity contribution is 5.66. The highest BCUT2D eigenvalue weighted by Crippen LogP contribution is 2.49. The van der Waals surface area contributed by atoms with E-state index in [1.807, 2.05) is 6.08 Å². The number of hydrogen-bond donors (Lipinski definition) is 3. The molecule has 26 heavy (non-hydrogen) atoms. The fraction of sp³-hybridized carbons (Fsp3) is 0.773. The summed E-state index contributed by atoms with van der Waals surface area (Å²) in [5, 5.41) is 29.3. The first-order valence-corrected chi connectivity index (χ1v) is 10.4. The van der Waals surface area contributed by atoms with Crippen LogP contribution in [0.15, 0.2) is 23.8 Å². The zero-order valence-electron chi connectivity index (χ0n) is 16.3. The van der Waals surface area contributed by atoms with Gasteiger partial charge in [0.1, 0.15) is 0 Å². The predicted molar refractivity (Wildman–Crippen MR) is 104 cm³/mol. The summed E-state index contributed by atoms with van der Waals surface area (Å²) in [6, 6.07) is 0. The van der Waals surface area contributed by atoms with E-state index in [1.54, 1.807) is 0 Å². The van der Waals surface area contributed by atoms with Gasteiger partial charge in [-0.15, -0.1) is 0 Å². The van der Waals surface area contributed by atoms with E-state index in [1.165, 1.54) is 5.57 Å². The van der Waals surface area contributed by atoms with Crippen LogP contribution in [-0.2, 0) is 4.79 Å². The van der Waals surface area contributed by atoms with E-state index in [0.717, 1.165) is 51.4 Å². The monoisotopic (exact) mass is 364 g/mol. The Balaban J connectivity index is 1.85. The Morgan fingerprint density at radius 2 is 2.08 bits per heavy atom. The van der Waals surface area contributed by atoms with Crippen LogP contribution in [0.5, 0.6) is 0 Å². The van der Waals surface area contributed by atoms with Crippen LogP contribution in [-0.4, -0.2) is 33.5 Å². The third-order valence-corrected chi connectivity index (χ3v) is 6.22. The van der Waals surface area contributed by atoms with Crippen LogP contribution < -0.4 is 0 Å². The van der Waals surface area contributed by atoms with Crippen LogP contribution >= 0.6 is 0 Å². The second-order valence-electron chi connectivity index (χ2n) is 8.29. The van der Waals surface area contributed by atoms with Gasteiger partial charge in [-0.2, -0.15) is 0 Å². The number of carbonyl (C=O) groups is 1. The van der Waals surface area contributed by atoms with E-state index in [-0.39, 0.29) is 18.4 Å². The number of aliphatic carboxylic acids is 1. The summed E-state index contributed by atoms with van der Waals surface area (Å²) in [6.45, 7) is 4.35. The molecule has 0 aromatic heterocycles. The SMILES string of the molecule is CCCCCC(O)/C=C/[C@@H]1C2CC(C(C)CCCC(=O)O)=CC2C[C@H]1O. The topological polar surface area (TPSA) is 77.8 Å². The first kappa shape index (κ1) is 21.2. The van der Waals surface area contributed by atoms with Crippen molar-refractivity contribution in [3.63, 3.8) is 0 Å². The number of carboxylic acid groups (broad SMARTS) is 1. The molecule has 3 N–H and O–H groups in total. The van der Waals surface area contributed by atoms with Gasteiger partial charge >= 0.3 is 5.97 Å². The van der Waals surface area contributed by atoms with Crippen LogP contribution in [0.3, 0.4) is 0 Å². The van der Waals surface area contributed by atoms with Gasteiger partial charge in [-0.05, 0) is 49.9 Å². The fourth-order valence-corrected chi connectivity index (χ4v) is 4.61. The maximum absolute atomic E-state index is 10.7. The van der Waals surface area contributed by atoms with E-state index >= 15 is 0 Å². The van der Waals surface area contributed by atoms with Crippen LogP contribution in [0, 0.1) is 23.7 Å². The zero-order chi connectivity index (χ0) is 19.1. The van der Waals surface area contributed by atoms with Crippen molar-refractivity contribution in [3.8, 4) is 0 Å². The quantitative estimate of drug-likeness (QED) is 0.377. The molecule has 0 aromatic rings. The molecule has 4 nitrogen and oxygen atoms in total. The largest absolute Gasteiger partial charge is 0.481 e. The number of aliphatic hydroxyl groups is 2. The van der Waals surface area contributed by atoms with E-state index < -0.39 is 12.1 Å². The van der Waals surface area contributed by atoms with Crippen molar-refractivity contribution < 1.29 is 20.1 Å². The number of carboxylic acids is 1. The van der Waals surface area contributed by atoms with Crippen molar-refractivity contribution in [2.45, 2.75) is 83.8 Å². The van der Waals surface area contributed by atoms with Crippen LogP contribution in [0.1, 0.15) is 71.6 Å². The summed E-state index contributed by atoms with van der Waals surface area (Å²) < 4.78 is 0. The van der Waals surface area contributed by atoms with Crippen molar-refractivity contribution in [2.24, 2.45) is 23.7 Å². The standard InChI is InChI=1S/C22H36O4/c1-3-4-5-8-18(23)10-11-19-20-13-16(12-17(20)14-21(19)24)15(2)7-6-9-22(25)26/h10-12,15,17-21,23-24H,3-9,13-14H2,1-2H3,(H,25,26)/b11-10+/t15?,17?,18?,19-,20?,21-/m1/s1. The molecule has 4 heteroatoms. The van der Waals surface area contributed by atoms with Crippen molar-refractivity contribution in [2.75, 3.05) is 0 Å². The van der Waals surface area contributed by atoms with Gasteiger partial charge in [-0.3, -0.25) is 4.79 Å². The van der Waals surface area contributed by atoms with Crippen LogP contribution in [0.2, 0.25) is 0 Å². The Hall–Kier alpha value is -1.13. The Morgan fingerprint density at radius 1 is 1.31 bits per heavy atom. The second-order valence-corrected chi connectivity index (χ2v) is 8.29. The number of unbranched alkanes of at least 4 members (excludes halogenated alkanes) is 2. The van der Waals surface area contributed by atoms with E-state index in [0.29, 0.717) is 17.8 Å². The van der Waals surface area contributed by atoms with Crippen LogP contribution in [0.4, 0.5) is 0 Å². The molecule has 0 saturated heterocycles. The lowest BCUT2D eigenvalue weighted by Crippen LogP contribution is -2.18. The van der Waals surface area contributed by atoms with Crippen molar-refractivity contribution in [1.29, 1.82) is 0 Å². The van der Waals surface area contributed by atoms with Gasteiger partial charge in [0, 0.05) is 12.3 Å². The normalized spacial score (nSPS) is 30.4. The van der Waals surface area contributed by atoms with Gasteiger partial charge in [0.2, 0.25) is 0 Å². The fourth-order valence-electron chi connectivity index (χ4n) is 4.61. The Morgan fingerprint density at radius 3 is 2.77 bits per heavy atom. The van der Waals surface area contributed by atoms with E-state index in [9.17, 15) is 15.0 Å². The molecular formula is C22H36O4. The van der Waals surface area contributed by atoms with Gasteiger partial charge in [0.15, 0.2) is 0 Å². The van der Waals surface area contributed by atoms with Gasteiger partial charge in [0.25, 0.3) is 0 Å². The molecule has 0 bridgehead atoms. The summed E-state index contributed by atoms with van der Waals surface area (Å²) in [5.74, 6) is 0.678. The molecule has 148 valence electrons. The average molecular weight is 365 g/mol. The lowest BCUT2D eigenvalue weighted by atomic mass is 9.86. The molecule has 2 rings (SSSR count). The number of aliphatic hydroxyl groups excluding tert-OH is 2. The third kappa shape index (κ3) is 5.95. The lowest BCUT2D eigenvalue weighted by molar-refractivity contribution is -0.137. The maximum atomic E-state index is 10.7. The zero-order valence-corrected chi connectivity index (χ0v) is 16.3. The molecule has 4 unspecified atom stereocenters. The van der Waals surface area contributed by atoms with Gasteiger partial charge < -0.3 is 15.3 Å². The number of fused-ring (bicyclic) bond motifs is 1. The Bertz CT molecular complexity index is 510. The molecule has 0 spiro atoms. The molecule has 1 fully saturated rings. The van der Waals surface area contributed by atoms with E-state index in [4.69, 9.17) is 5.11 Å². The van der Waals surface area contributed by atoms with E-state index in [2.05, 4.69) is 26.0 Å². The summed E-state index contributed by atoms with van der Waals surface area (Å²) >= 11 is 0. The number of hydrogen-bond acceptors (Lipinski definition) is 3. The maximum Gasteiger partial charge on any atom is 0.303 e. The molecule has 0 aromatic carbocycles. The number of allylic oxidation sites excluding steroid dienone is 2. The molecule has 1 saturated carbocycles. The van der Waals surface area contributed by atoms with Gasteiger partial charge in [0.05, 0.1) is 12.2 Å². The molecule has 6 atom stereocenters. The average Bonchev–Trinajstić information content (AvgIpc) is 3.10. The minimum absolute atomic E-state index is 0.126. The highest BCUT2D eigenvalue weighted by Gasteiger charge is 2.43. The smallest absolute Gasteiger partial charge is 0.303 e. The molecule has 0 aliphatic heterocycles. The summed E-state index contributed by atoms with van der Waals surface area (Å²) in [6.07, 6.45) is 13.4. The minimum atomic E-state index is -0.722. The molecule has 2 aliphatic rings. The molecule has 2 aliphatic carbocycles. The predicted octanol–water partition coefficient (Wildman–Crippen LogP) is 4.32. The lowest BCUT2D eigenvalue weighted by Gasteiger charge is -2.20. The second kappa shape index (κ2) is 10.3. The summed E-state index contributed by atoms with van der Waals surface area (Å²) in [7, 11) is 0. The van der Waals surface area contributed by atoms with Gasteiger partial charge in [-0.1, -0.05) is 56.9 Å². The van der Waals surface area contributed by atoms with Crippen molar-refractivity contribution in [1.82, 2.24) is 0 Å². The van der Waals surface area contributed by atoms with Crippen molar-refractivity contribution in [3.05, 3.63) is 23.8 Å². The third-order valence-electron chi connectivity index (χ3n) is 6.22. The minimum Gasteiger partial charge on any atom is -0.481 e. The summed E-state index contributed by atoms with van der Waals surface area (Å²) in [5.41, 5.74) is 1.43. The van der Waals surface area contributed by atoms with Gasteiger partial charge in [-0.25, -0.2) is 0 Å². The number of rotatable bonds is 11. The summed E-state index contributed by atoms with van der Waals surface area (Å²) in [4.78, 5) is 10.7. The first-order chi connectivity index (χ1) is 12.4. The Kier molecular flexibility index (Phi) is 8.36. The highest BCUT2D eigenvalue weighted by atomic mass is 16.4. The molecule has 0 amide bonds. The van der Waals surface area contributed by atoms with Crippen LogP contribution in [0.25, 0.3) is 0 Å². The molecule has 0 radical (unpaired) electrons.